The van der Waals surface area contributed by atoms with Crippen LogP contribution in [0.2, 0.25) is 0 Å². The third kappa shape index (κ3) is 2.55. The second-order valence-electron chi connectivity index (χ2n) is 3.28. The van der Waals surface area contributed by atoms with Crippen LogP contribution in [0.25, 0.3) is 0 Å². The Balaban J connectivity index is 2.35. The van der Waals surface area contributed by atoms with Gasteiger partial charge in [0.15, 0.2) is 5.75 Å². The Bertz CT molecular complexity index is 572. The molecule has 5 heteroatoms. The highest BCUT2D eigenvalue weighted by molar-refractivity contribution is 9.10. The molecule has 2 rings (SSSR count). The normalized spacial score (nSPS) is 9.65. The van der Waals surface area contributed by atoms with Crippen LogP contribution in [0.3, 0.4) is 0 Å². The van der Waals surface area contributed by atoms with Crippen LogP contribution in [-0.2, 0) is 0 Å². The quantitative estimate of drug-likeness (QED) is 0.922. The zero-order valence-corrected chi connectivity index (χ0v) is 10.3. The highest BCUT2D eigenvalue weighted by Crippen LogP contribution is 2.34. The van der Waals surface area contributed by atoms with Crippen molar-refractivity contribution in [3.63, 3.8) is 0 Å². The highest BCUT2D eigenvalue weighted by Gasteiger charge is 2.07. The summed E-state index contributed by atoms with van der Waals surface area (Å²) < 4.78 is 6.29. The van der Waals surface area contributed by atoms with Gasteiger partial charge in [0.25, 0.3) is 0 Å². The number of halogens is 1. The van der Waals surface area contributed by atoms with Gasteiger partial charge in [-0.15, -0.1) is 0 Å². The number of nitrogen functional groups attached to an aromatic ring is 1. The summed E-state index contributed by atoms with van der Waals surface area (Å²) in [5, 5.41) is 8.79. The van der Waals surface area contributed by atoms with E-state index in [4.69, 9.17) is 15.7 Å². The van der Waals surface area contributed by atoms with Gasteiger partial charge in [-0.05, 0) is 34.1 Å². The minimum atomic E-state index is 0.432. The minimum absolute atomic E-state index is 0.432. The lowest BCUT2D eigenvalue weighted by atomic mass is 10.2. The molecule has 2 aromatic rings. The van der Waals surface area contributed by atoms with Crippen LogP contribution >= 0.6 is 15.9 Å². The number of nitrogens with two attached hydrogens (primary N) is 1. The van der Waals surface area contributed by atoms with Crippen molar-refractivity contribution < 1.29 is 4.74 Å². The summed E-state index contributed by atoms with van der Waals surface area (Å²) >= 11 is 3.31. The van der Waals surface area contributed by atoms with Crippen molar-refractivity contribution in [3.8, 4) is 17.6 Å². The first-order valence-corrected chi connectivity index (χ1v) is 5.57. The van der Waals surface area contributed by atoms with Crippen LogP contribution in [0.1, 0.15) is 5.56 Å². The molecule has 0 atom stereocenters. The summed E-state index contributed by atoms with van der Waals surface area (Å²) in [6, 6.07) is 8.90. The fourth-order valence-corrected chi connectivity index (χ4v) is 1.72. The molecule has 1 aromatic carbocycles. The number of aromatic nitrogens is 1. The Kier molecular flexibility index (Phi) is 3.26. The smallest absolute Gasteiger partial charge is 0.167 e. The Labute approximate surface area is 107 Å². The van der Waals surface area contributed by atoms with Crippen molar-refractivity contribution in [3.05, 3.63) is 46.7 Å². The molecule has 0 spiro atoms. The molecule has 0 fully saturated rings. The first-order valence-electron chi connectivity index (χ1n) is 4.77. The van der Waals surface area contributed by atoms with Gasteiger partial charge in [-0.25, -0.2) is 0 Å². The van der Waals surface area contributed by atoms with Crippen molar-refractivity contribution >= 4 is 21.6 Å². The highest BCUT2D eigenvalue weighted by atomic mass is 79.9. The van der Waals surface area contributed by atoms with Gasteiger partial charge in [-0.3, -0.25) is 4.98 Å². The first-order chi connectivity index (χ1) is 8.20. The van der Waals surface area contributed by atoms with Crippen molar-refractivity contribution in [1.29, 1.82) is 5.26 Å². The molecule has 84 valence electrons. The van der Waals surface area contributed by atoms with E-state index in [2.05, 4.69) is 20.9 Å². The molecule has 0 saturated carbocycles. The van der Waals surface area contributed by atoms with E-state index in [1.807, 2.05) is 6.07 Å². The monoisotopic (exact) mass is 289 g/mol. The average Bonchev–Trinajstić information content (AvgIpc) is 2.34. The zero-order valence-electron chi connectivity index (χ0n) is 8.72. The molecule has 4 nitrogen and oxygen atoms in total. The van der Waals surface area contributed by atoms with Crippen molar-refractivity contribution in [2.45, 2.75) is 0 Å². The van der Waals surface area contributed by atoms with Crippen LogP contribution in [0.5, 0.6) is 11.5 Å². The van der Waals surface area contributed by atoms with Gasteiger partial charge in [0.2, 0.25) is 0 Å². The number of ether oxygens (including phenoxy) is 1. The van der Waals surface area contributed by atoms with E-state index >= 15 is 0 Å². The number of hydrogen-bond acceptors (Lipinski definition) is 4. The summed E-state index contributed by atoms with van der Waals surface area (Å²) in [6.07, 6.45) is 3.11. The summed E-state index contributed by atoms with van der Waals surface area (Å²) in [5.74, 6) is 1.05. The predicted octanol–water partition coefficient (Wildman–Crippen LogP) is 3.09. The number of nitriles is 1. The Hall–Kier alpha value is -2.06. The van der Waals surface area contributed by atoms with Gasteiger partial charge < -0.3 is 10.5 Å². The molecule has 0 aliphatic rings. The maximum Gasteiger partial charge on any atom is 0.167 e. The van der Waals surface area contributed by atoms with Gasteiger partial charge in [0.1, 0.15) is 5.75 Å². The van der Waals surface area contributed by atoms with E-state index < -0.39 is 0 Å². The molecular weight excluding hydrogens is 282 g/mol. The first kappa shape index (κ1) is 11.4. The minimum Gasteiger partial charge on any atom is -0.454 e. The summed E-state index contributed by atoms with van der Waals surface area (Å²) in [5.41, 5.74) is 6.72. The maximum atomic E-state index is 8.79. The van der Waals surface area contributed by atoms with Crippen molar-refractivity contribution in [2.75, 3.05) is 5.73 Å². The fraction of sp³-hybridized carbons (Fsp3) is 0. The molecule has 0 unspecified atom stereocenters. The number of nitrogens with zero attached hydrogens (tertiary/aromatic N) is 2. The maximum absolute atomic E-state index is 8.79. The molecule has 0 aliphatic carbocycles. The van der Waals surface area contributed by atoms with Gasteiger partial charge in [-0.1, -0.05) is 6.07 Å². The zero-order chi connectivity index (χ0) is 12.3. The lowest BCUT2D eigenvalue weighted by molar-refractivity contribution is 0.481. The molecule has 2 N–H and O–H groups in total. The molecule has 0 amide bonds. The van der Waals surface area contributed by atoms with E-state index in [1.165, 1.54) is 6.20 Å². The van der Waals surface area contributed by atoms with E-state index in [9.17, 15) is 0 Å². The second-order valence-corrected chi connectivity index (χ2v) is 4.14. The molecule has 0 bridgehead atoms. The lowest BCUT2D eigenvalue weighted by Crippen LogP contribution is -1.94. The van der Waals surface area contributed by atoms with Gasteiger partial charge in [0, 0.05) is 6.20 Å². The van der Waals surface area contributed by atoms with Crippen LogP contribution in [0.4, 0.5) is 5.69 Å². The van der Waals surface area contributed by atoms with Crippen LogP contribution in [0, 0.1) is 11.3 Å². The standard InChI is InChI=1S/C12H8BrN3O/c13-10-6-16-7-11(15)12(10)17-9-3-1-2-8(4-9)5-14/h1-4,6-7H,15H2. The number of pyridine rings is 1. The Morgan fingerprint density at radius 3 is 2.88 bits per heavy atom. The van der Waals surface area contributed by atoms with Crippen LogP contribution < -0.4 is 10.5 Å². The average molecular weight is 290 g/mol. The van der Waals surface area contributed by atoms with Crippen molar-refractivity contribution in [1.82, 2.24) is 4.98 Å². The third-order valence-corrected chi connectivity index (χ3v) is 2.63. The SMILES string of the molecule is N#Cc1cccc(Oc2c(N)cncc2Br)c1. The molecule has 1 heterocycles. The molecular formula is C12H8BrN3O. The van der Waals surface area contributed by atoms with E-state index in [0.717, 1.165) is 0 Å². The Morgan fingerprint density at radius 2 is 2.18 bits per heavy atom. The Morgan fingerprint density at radius 1 is 1.35 bits per heavy atom. The fourth-order valence-electron chi connectivity index (χ4n) is 1.29. The molecule has 0 aliphatic heterocycles. The molecule has 0 saturated heterocycles. The van der Waals surface area contributed by atoms with Gasteiger partial charge >= 0.3 is 0 Å². The second kappa shape index (κ2) is 4.85. The van der Waals surface area contributed by atoms with Gasteiger partial charge in [-0.2, -0.15) is 5.26 Å². The predicted molar refractivity (Wildman–Crippen MR) is 67.6 cm³/mol. The topological polar surface area (TPSA) is 71.9 Å². The van der Waals surface area contributed by atoms with E-state index in [-0.39, 0.29) is 0 Å². The van der Waals surface area contributed by atoms with Gasteiger partial charge in [0.05, 0.1) is 28.0 Å². The summed E-state index contributed by atoms with van der Waals surface area (Å²) in [4.78, 5) is 3.92. The molecule has 17 heavy (non-hydrogen) atoms. The third-order valence-electron chi connectivity index (χ3n) is 2.06. The van der Waals surface area contributed by atoms with Crippen molar-refractivity contribution in [2.24, 2.45) is 0 Å². The number of hydrogen-bond donors (Lipinski definition) is 1. The molecule has 0 radical (unpaired) electrons. The number of benzene rings is 1. The lowest BCUT2D eigenvalue weighted by Gasteiger charge is -2.09. The molecule has 1 aromatic heterocycles. The largest absolute Gasteiger partial charge is 0.454 e. The number of rotatable bonds is 2. The summed E-state index contributed by atoms with van der Waals surface area (Å²) in [7, 11) is 0. The van der Waals surface area contributed by atoms with E-state index in [1.54, 1.807) is 30.5 Å². The number of anilines is 1. The van der Waals surface area contributed by atoms with Crippen LogP contribution in [-0.4, -0.2) is 4.98 Å². The summed E-state index contributed by atoms with van der Waals surface area (Å²) in [6.45, 7) is 0. The van der Waals surface area contributed by atoms with E-state index in [0.29, 0.717) is 27.2 Å². The van der Waals surface area contributed by atoms with Crippen LogP contribution in [0.15, 0.2) is 41.1 Å².